The number of amides is 2. The number of nitrogens with zero attached hydrogens (tertiary/aromatic N) is 2. The maximum atomic E-state index is 14.0. The molecule has 1 N–H and O–H groups in total. The van der Waals surface area contributed by atoms with Gasteiger partial charge < -0.3 is 15.0 Å². The molecule has 8 nitrogen and oxygen atoms in total. The van der Waals surface area contributed by atoms with Crippen molar-refractivity contribution in [2.75, 3.05) is 17.9 Å². The van der Waals surface area contributed by atoms with Crippen LogP contribution in [0.15, 0.2) is 108 Å². The van der Waals surface area contributed by atoms with E-state index in [-0.39, 0.29) is 23.0 Å². The number of carbonyl (C=O) groups excluding carboxylic acids is 2. The minimum atomic E-state index is -4.18. The van der Waals surface area contributed by atoms with Gasteiger partial charge in [-0.2, -0.15) is 0 Å². The third-order valence-corrected chi connectivity index (χ3v) is 8.67. The minimum absolute atomic E-state index is 0.0336. The lowest BCUT2D eigenvalue weighted by molar-refractivity contribution is -0.139. The fourth-order valence-corrected chi connectivity index (χ4v) is 5.92. The van der Waals surface area contributed by atoms with E-state index in [0.717, 1.165) is 9.87 Å². The molecule has 0 aliphatic carbocycles. The summed E-state index contributed by atoms with van der Waals surface area (Å²) in [7, 11) is -2.70. The molecule has 0 aliphatic heterocycles. The second kappa shape index (κ2) is 13.5. The first kappa shape index (κ1) is 30.6. The average Bonchev–Trinajstić information content (AvgIpc) is 2.99. The van der Waals surface area contributed by atoms with Crippen LogP contribution in [-0.4, -0.2) is 44.8 Å². The number of anilines is 1. The van der Waals surface area contributed by atoms with E-state index >= 15 is 0 Å². The number of hydrogen-bond donors (Lipinski definition) is 1. The van der Waals surface area contributed by atoms with Gasteiger partial charge in [-0.05, 0) is 80.1 Å². The minimum Gasteiger partial charge on any atom is -0.457 e. The first-order chi connectivity index (χ1) is 20.1. The normalized spacial score (nSPS) is 11.8. The highest BCUT2D eigenvalue weighted by atomic mass is 35.5. The Morgan fingerprint density at radius 2 is 1.52 bits per heavy atom. The van der Waals surface area contributed by atoms with Gasteiger partial charge in [0.25, 0.3) is 10.0 Å². The average molecular weight is 606 g/mol. The number of aryl methyl sites for hydroxylation is 1. The predicted molar refractivity (Wildman–Crippen MR) is 164 cm³/mol. The number of benzene rings is 4. The lowest BCUT2D eigenvalue weighted by Gasteiger charge is -2.31. The Morgan fingerprint density at radius 1 is 0.881 bits per heavy atom. The van der Waals surface area contributed by atoms with Gasteiger partial charge in [-0.3, -0.25) is 13.9 Å². The van der Waals surface area contributed by atoms with Crippen LogP contribution in [0.3, 0.4) is 0 Å². The molecule has 0 spiro atoms. The monoisotopic (exact) mass is 605 g/mol. The molecule has 42 heavy (non-hydrogen) atoms. The SMILES string of the molecule is CNC(=O)C(C)N(Cc1cccc(Cl)c1)C(=O)CN(c1ccc(Oc2ccccc2)cc1)S(=O)(=O)c1ccc(C)cc1. The molecule has 4 aromatic carbocycles. The molecule has 0 radical (unpaired) electrons. The molecule has 0 fully saturated rings. The molecule has 10 heteroatoms. The summed E-state index contributed by atoms with van der Waals surface area (Å²) >= 11 is 6.16. The van der Waals surface area contributed by atoms with Crippen LogP contribution >= 0.6 is 11.6 Å². The predicted octanol–water partition coefficient (Wildman–Crippen LogP) is 5.80. The van der Waals surface area contributed by atoms with E-state index in [2.05, 4.69) is 5.32 Å². The number of hydrogen-bond acceptors (Lipinski definition) is 5. The Labute approximate surface area is 251 Å². The van der Waals surface area contributed by atoms with Gasteiger partial charge in [-0.15, -0.1) is 0 Å². The van der Waals surface area contributed by atoms with Crippen molar-refractivity contribution in [2.45, 2.75) is 31.3 Å². The van der Waals surface area contributed by atoms with Gasteiger partial charge in [0.05, 0.1) is 10.6 Å². The summed E-state index contributed by atoms with van der Waals surface area (Å²) in [4.78, 5) is 27.9. The number of nitrogens with one attached hydrogen (secondary N) is 1. The molecule has 0 saturated heterocycles. The van der Waals surface area contributed by atoms with E-state index in [1.807, 2.05) is 37.3 Å². The lowest BCUT2D eigenvalue weighted by Crippen LogP contribution is -2.50. The molecule has 0 bridgehead atoms. The quantitative estimate of drug-likeness (QED) is 0.233. The highest BCUT2D eigenvalue weighted by Crippen LogP contribution is 2.29. The van der Waals surface area contributed by atoms with E-state index in [0.29, 0.717) is 22.1 Å². The number of sulfonamides is 1. The highest BCUT2D eigenvalue weighted by Gasteiger charge is 2.32. The standard InChI is InChI=1S/C32H32ClN3O5S/c1-23-12-18-30(19-13-23)42(39,40)36(27-14-16-29(17-15-27)41-28-10-5-4-6-11-28)22-31(37)35(24(2)32(38)34-3)21-25-8-7-9-26(33)20-25/h4-20,24H,21-22H2,1-3H3,(H,34,38). The molecule has 0 saturated carbocycles. The van der Waals surface area contributed by atoms with Crippen LogP contribution in [0.2, 0.25) is 5.02 Å². The highest BCUT2D eigenvalue weighted by molar-refractivity contribution is 7.92. The Balaban J connectivity index is 1.70. The van der Waals surface area contributed by atoms with Gasteiger partial charge in [-0.25, -0.2) is 8.42 Å². The van der Waals surface area contributed by atoms with E-state index in [9.17, 15) is 18.0 Å². The van der Waals surface area contributed by atoms with Crippen LogP contribution in [0.25, 0.3) is 0 Å². The summed E-state index contributed by atoms with van der Waals surface area (Å²) in [5, 5.41) is 3.05. The van der Waals surface area contributed by atoms with Crippen molar-refractivity contribution in [1.82, 2.24) is 10.2 Å². The first-order valence-electron chi connectivity index (χ1n) is 13.3. The van der Waals surface area contributed by atoms with Gasteiger partial charge in [0, 0.05) is 18.6 Å². The second-order valence-electron chi connectivity index (χ2n) is 9.68. The smallest absolute Gasteiger partial charge is 0.264 e. The van der Waals surface area contributed by atoms with Crippen molar-refractivity contribution >= 4 is 39.1 Å². The van der Waals surface area contributed by atoms with Gasteiger partial charge in [0.15, 0.2) is 0 Å². The number of para-hydroxylation sites is 1. The van der Waals surface area contributed by atoms with Crippen molar-refractivity contribution in [1.29, 1.82) is 0 Å². The molecule has 0 heterocycles. The largest absolute Gasteiger partial charge is 0.457 e. The van der Waals surface area contributed by atoms with Crippen LogP contribution in [-0.2, 0) is 26.2 Å². The van der Waals surface area contributed by atoms with Crippen molar-refractivity contribution in [3.63, 3.8) is 0 Å². The molecule has 4 aromatic rings. The van der Waals surface area contributed by atoms with Crippen LogP contribution in [0.4, 0.5) is 5.69 Å². The number of halogens is 1. The Morgan fingerprint density at radius 3 is 2.14 bits per heavy atom. The number of carbonyl (C=O) groups is 2. The summed E-state index contributed by atoms with van der Waals surface area (Å²) < 4.78 is 34.8. The van der Waals surface area contributed by atoms with E-state index in [1.54, 1.807) is 67.6 Å². The number of rotatable bonds is 11. The molecule has 218 valence electrons. The third-order valence-electron chi connectivity index (χ3n) is 6.65. The Hall–Kier alpha value is -4.34. The fourth-order valence-electron chi connectivity index (χ4n) is 4.29. The Kier molecular flexibility index (Phi) is 9.88. The lowest BCUT2D eigenvalue weighted by atomic mass is 10.1. The van der Waals surface area contributed by atoms with Crippen molar-refractivity contribution < 1.29 is 22.7 Å². The van der Waals surface area contributed by atoms with E-state index < -0.39 is 28.5 Å². The molecular formula is C32H32ClN3O5S. The summed E-state index contributed by atoms with van der Waals surface area (Å²) in [5.41, 5.74) is 1.85. The summed E-state index contributed by atoms with van der Waals surface area (Å²) in [6.07, 6.45) is 0. The zero-order valence-electron chi connectivity index (χ0n) is 23.5. The van der Waals surface area contributed by atoms with Crippen molar-refractivity contribution in [3.05, 3.63) is 119 Å². The van der Waals surface area contributed by atoms with E-state index in [4.69, 9.17) is 16.3 Å². The second-order valence-corrected chi connectivity index (χ2v) is 12.0. The van der Waals surface area contributed by atoms with Crippen molar-refractivity contribution in [3.8, 4) is 11.5 Å². The number of ether oxygens (including phenoxy) is 1. The van der Waals surface area contributed by atoms with Gasteiger partial charge in [-0.1, -0.05) is 59.6 Å². The topological polar surface area (TPSA) is 96.0 Å². The van der Waals surface area contributed by atoms with Crippen LogP contribution in [0.1, 0.15) is 18.1 Å². The molecule has 2 amide bonds. The molecule has 1 unspecified atom stereocenters. The van der Waals surface area contributed by atoms with Gasteiger partial charge in [0.1, 0.15) is 24.1 Å². The van der Waals surface area contributed by atoms with Crippen LogP contribution < -0.4 is 14.4 Å². The van der Waals surface area contributed by atoms with Crippen molar-refractivity contribution in [2.24, 2.45) is 0 Å². The van der Waals surface area contributed by atoms with E-state index in [1.165, 1.54) is 24.1 Å². The van der Waals surface area contributed by atoms with Gasteiger partial charge >= 0.3 is 0 Å². The Bertz CT molecular complexity index is 1630. The first-order valence-corrected chi connectivity index (χ1v) is 15.1. The third kappa shape index (κ3) is 7.48. The zero-order chi connectivity index (χ0) is 30.3. The summed E-state index contributed by atoms with van der Waals surface area (Å²) in [5.74, 6) is 0.177. The van der Waals surface area contributed by atoms with Crippen LogP contribution in [0, 0.1) is 6.92 Å². The summed E-state index contributed by atoms with van der Waals surface area (Å²) in [6, 6.07) is 28.1. The molecular weight excluding hydrogens is 574 g/mol. The molecule has 1 atom stereocenters. The maximum Gasteiger partial charge on any atom is 0.264 e. The number of likely N-dealkylation sites (N-methyl/N-ethyl adjacent to an activating group) is 1. The maximum absolute atomic E-state index is 14.0. The molecule has 0 aliphatic rings. The molecule has 0 aromatic heterocycles. The van der Waals surface area contributed by atoms with Crippen LogP contribution in [0.5, 0.6) is 11.5 Å². The van der Waals surface area contributed by atoms with Gasteiger partial charge in [0.2, 0.25) is 11.8 Å². The molecule has 4 rings (SSSR count). The zero-order valence-corrected chi connectivity index (χ0v) is 25.1. The fraction of sp³-hybridized carbons (Fsp3) is 0.188. The summed E-state index contributed by atoms with van der Waals surface area (Å²) in [6.45, 7) is 2.96.